The minimum absolute atomic E-state index is 0.0454. The van der Waals surface area contributed by atoms with Crippen molar-refractivity contribution in [2.45, 2.75) is 25.2 Å². The van der Waals surface area contributed by atoms with Crippen molar-refractivity contribution in [1.82, 2.24) is 5.32 Å². The van der Waals surface area contributed by atoms with Gasteiger partial charge >= 0.3 is 5.97 Å². The highest BCUT2D eigenvalue weighted by molar-refractivity contribution is 5.85. The zero-order chi connectivity index (χ0) is 14.8. The van der Waals surface area contributed by atoms with Crippen molar-refractivity contribution >= 4 is 11.9 Å². The number of carboxylic acid groups (broad SMARTS) is 1. The van der Waals surface area contributed by atoms with Gasteiger partial charge in [0.2, 0.25) is 5.91 Å². The van der Waals surface area contributed by atoms with E-state index >= 15 is 0 Å². The second-order valence-electron chi connectivity index (χ2n) is 5.78. The molecule has 2 N–H and O–H groups in total. The number of carboxylic acids is 1. The Bertz CT molecular complexity index is 557. The predicted molar refractivity (Wildman–Crippen MR) is 76.2 cm³/mol. The van der Waals surface area contributed by atoms with Gasteiger partial charge in [-0.2, -0.15) is 0 Å². The van der Waals surface area contributed by atoms with Gasteiger partial charge in [0.25, 0.3) is 0 Å². The second kappa shape index (κ2) is 5.76. The molecule has 1 amide bonds. The van der Waals surface area contributed by atoms with Gasteiger partial charge in [0.15, 0.2) is 0 Å². The number of fused-ring (bicyclic) bond motifs is 1. The van der Waals surface area contributed by atoms with Crippen molar-refractivity contribution < 1.29 is 19.4 Å². The van der Waals surface area contributed by atoms with Crippen LogP contribution in [-0.2, 0) is 9.59 Å². The average Bonchev–Trinajstić information content (AvgIpc) is 3.11. The Morgan fingerprint density at radius 3 is 2.90 bits per heavy atom. The van der Waals surface area contributed by atoms with Crippen LogP contribution in [0.2, 0.25) is 0 Å². The first-order chi connectivity index (χ1) is 10.2. The van der Waals surface area contributed by atoms with Gasteiger partial charge < -0.3 is 15.2 Å². The zero-order valence-electron chi connectivity index (χ0n) is 11.7. The molecule has 3 unspecified atom stereocenters. The van der Waals surface area contributed by atoms with Crippen molar-refractivity contribution in [3.63, 3.8) is 0 Å². The molecule has 1 aliphatic carbocycles. The van der Waals surface area contributed by atoms with Crippen LogP contribution < -0.4 is 10.1 Å². The summed E-state index contributed by atoms with van der Waals surface area (Å²) >= 11 is 0. The van der Waals surface area contributed by atoms with Crippen molar-refractivity contribution in [3.05, 3.63) is 29.8 Å². The molecule has 1 aromatic rings. The summed E-state index contributed by atoms with van der Waals surface area (Å²) in [6.07, 6.45) is 2.51. The Morgan fingerprint density at radius 2 is 2.10 bits per heavy atom. The molecule has 0 aromatic heterocycles. The predicted octanol–water partition coefficient (Wildman–Crippen LogP) is 1.78. The summed E-state index contributed by atoms with van der Waals surface area (Å²) in [6, 6.07) is 7.54. The summed E-state index contributed by atoms with van der Waals surface area (Å²) in [7, 11) is 0. The Morgan fingerprint density at radius 1 is 1.29 bits per heavy atom. The molecule has 1 fully saturated rings. The maximum atomic E-state index is 12.3. The normalized spacial score (nSPS) is 27.0. The van der Waals surface area contributed by atoms with Gasteiger partial charge in [-0.3, -0.25) is 9.59 Å². The van der Waals surface area contributed by atoms with E-state index in [1.807, 2.05) is 24.3 Å². The van der Waals surface area contributed by atoms with Crippen LogP contribution in [0.25, 0.3) is 0 Å². The number of carbonyl (C=O) groups excluding carboxylic acids is 1. The topological polar surface area (TPSA) is 75.6 Å². The molecule has 1 saturated carbocycles. The first-order valence-corrected chi connectivity index (χ1v) is 7.39. The lowest BCUT2D eigenvalue weighted by atomic mass is 9.95. The standard InChI is InChI=1S/C16H19NO4/c18-15(13-9-21-14-7-2-1-5-12(13)14)17-8-10-4-3-6-11(10)16(19)20/h1-2,5,7,10-11,13H,3-4,6,8-9H2,(H,17,18)(H,19,20). The van der Waals surface area contributed by atoms with Crippen molar-refractivity contribution in [2.24, 2.45) is 11.8 Å². The molecule has 0 bridgehead atoms. The number of ether oxygens (including phenoxy) is 1. The fraction of sp³-hybridized carbons (Fsp3) is 0.500. The number of benzene rings is 1. The van der Waals surface area contributed by atoms with Gasteiger partial charge in [0, 0.05) is 12.1 Å². The molecule has 0 spiro atoms. The number of rotatable bonds is 4. The summed E-state index contributed by atoms with van der Waals surface area (Å²) in [5.74, 6) is -0.619. The van der Waals surface area contributed by atoms with Gasteiger partial charge in [0.1, 0.15) is 18.3 Å². The number of aliphatic carboxylic acids is 1. The molecule has 5 nitrogen and oxygen atoms in total. The van der Waals surface area contributed by atoms with Gasteiger partial charge in [-0.05, 0) is 24.8 Å². The largest absolute Gasteiger partial charge is 0.492 e. The maximum Gasteiger partial charge on any atom is 0.306 e. The zero-order valence-corrected chi connectivity index (χ0v) is 11.7. The van der Waals surface area contributed by atoms with E-state index < -0.39 is 5.97 Å². The fourth-order valence-corrected chi connectivity index (χ4v) is 3.34. The van der Waals surface area contributed by atoms with Crippen LogP contribution in [-0.4, -0.2) is 30.1 Å². The minimum Gasteiger partial charge on any atom is -0.492 e. The lowest BCUT2D eigenvalue weighted by Gasteiger charge is -2.17. The van der Waals surface area contributed by atoms with Crippen molar-refractivity contribution in [2.75, 3.05) is 13.2 Å². The number of hydrogen-bond donors (Lipinski definition) is 2. The number of carbonyl (C=O) groups is 2. The van der Waals surface area contributed by atoms with E-state index in [2.05, 4.69) is 5.32 Å². The summed E-state index contributed by atoms with van der Waals surface area (Å²) in [4.78, 5) is 23.4. The molecule has 1 heterocycles. The molecular formula is C16H19NO4. The first-order valence-electron chi connectivity index (χ1n) is 7.39. The van der Waals surface area contributed by atoms with Crippen molar-refractivity contribution in [1.29, 1.82) is 0 Å². The van der Waals surface area contributed by atoms with E-state index in [1.165, 1.54) is 0 Å². The van der Waals surface area contributed by atoms with E-state index in [0.29, 0.717) is 19.6 Å². The minimum atomic E-state index is -0.749. The average molecular weight is 289 g/mol. The van der Waals surface area contributed by atoms with Crippen LogP contribution in [0.15, 0.2) is 24.3 Å². The molecule has 0 radical (unpaired) electrons. The molecule has 3 rings (SSSR count). The molecule has 112 valence electrons. The van der Waals surface area contributed by atoms with Crippen LogP contribution in [0.1, 0.15) is 30.7 Å². The van der Waals surface area contributed by atoms with E-state index in [1.54, 1.807) is 0 Å². The fourth-order valence-electron chi connectivity index (χ4n) is 3.34. The molecule has 1 aromatic carbocycles. The van der Waals surface area contributed by atoms with E-state index in [9.17, 15) is 9.59 Å². The van der Waals surface area contributed by atoms with E-state index in [0.717, 1.165) is 24.2 Å². The van der Waals surface area contributed by atoms with Crippen molar-refractivity contribution in [3.8, 4) is 5.75 Å². The molecule has 1 aliphatic heterocycles. The third-order valence-electron chi connectivity index (χ3n) is 4.53. The second-order valence-corrected chi connectivity index (χ2v) is 5.78. The molecule has 0 saturated heterocycles. The number of hydrogen-bond acceptors (Lipinski definition) is 3. The number of nitrogens with one attached hydrogen (secondary N) is 1. The molecule has 21 heavy (non-hydrogen) atoms. The summed E-state index contributed by atoms with van der Waals surface area (Å²) in [5.41, 5.74) is 0.913. The maximum absolute atomic E-state index is 12.3. The molecule has 3 atom stereocenters. The highest BCUT2D eigenvalue weighted by Crippen LogP contribution is 2.34. The Labute approximate surface area is 123 Å². The van der Waals surface area contributed by atoms with Crippen LogP contribution in [0.3, 0.4) is 0 Å². The van der Waals surface area contributed by atoms with Gasteiger partial charge in [-0.1, -0.05) is 24.6 Å². The molecular weight excluding hydrogens is 270 g/mol. The quantitative estimate of drug-likeness (QED) is 0.886. The lowest BCUT2D eigenvalue weighted by Crippen LogP contribution is -2.36. The summed E-state index contributed by atoms with van der Waals surface area (Å²) in [5, 5.41) is 12.1. The monoisotopic (exact) mass is 289 g/mol. The van der Waals surface area contributed by atoms with Crippen LogP contribution >= 0.6 is 0 Å². The van der Waals surface area contributed by atoms with Crippen LogP contribution in [0, 0.1) is 11.8 Å². The van der Waals surface area contributed by atoms with E-state index in [4.69, 9.17) is 9.84 Å². The van der Waals surface area contributed by atoms with Gasteiger partial charge in [-0.25, -0.2) is 0 Å². The lowest BCUT2D eigenvalue weighted by molar-refractivity contribution is -0.143. The molecule has 2 aliphatic rings. The number of amides is 1. The van der Waals surface area contributed by atoms with Crippen LogP contribution in [0.5, 0.6) is 5.75 Å². The summed E-state index contributed by atoms with van der Waals surface area (Å²) in [6.45, 7) is 0.798. The third-order valence-corrected chi connectivity index (χ3v) is 4.53. The number of para-hydroxylation sites is 1. The Balaban J connectivity index is 1.59. The summed E-state index contributed by atoms with van der Waals surface area (Å²) < 4.78 is 5.51. The smallest absolute Gasteiger partial charge is 0.306 e. The van der Waals surface area contributed by atoms with Gasteiger partial charge in [-0.15, -0.1) is 0 Å². The SMILES string of the molecule is O=C(NCC1CCCC1C(=O)O)C1COc2ccccc21. The van der Waals surface area contributed by atoms with Crippen LogP contribution in [0.4, 0.5) is 0 Å². The highest BCUT2D eigenvalue weighted by Gasteiger charge is 2.34. The Hall–Kier alpha value is -2.04. The van der Waals surface area contributed by atoms with E-state index in [-0.39, 0.29) is 23.7 Å². The van der Waals surface area contributed by atoms with Gasteiger partial charge in [0.05, 0.1) is 5.92 Å². The third kappa shape index (κ3) is 2.73. The Kier molecular flexibility index (Phi) is 3.82. The molecule has 5 heteroatoms. The highest BCUT2D eigenvalue weighted by atomic mass is 16.5. The first kappa shape index (κ1) is 13.9.